The molecule has 1 aliphatic heterocycles. The zero-order valence-corrected chi connectivity index (χ0v) is 13.9. The molecular formula is C19H23N3O2. The minimum absolute atomic E-state index is 0.170. The van der Waals surface area contributed by atoms with Crippen LogP contribution in [0.3, 0.4) is 0 Å². The van der Waals surface area contributed by atoms with E-state index in [1.54, 1.807) is 18.3 Å². The van der Waals surface area contributed by atoms with Gasteiger partial charge in [0, 0.05) is 25.5 Å². The number of fused-ring (bicyclic) bond motifs is 1. The highest BCUT2D eigenvalue weighted by Crippen LogP contribution is 2.44. The number of aromatic nitrogens is 2. The van der Waals surface area contributed by atoms with Crippen LogP contribution in [0.4, 0.5) is 0 Å². The number of hydrogen-bond acceptors (Lipinski definition) is 3. The van der Waals surface area contributed by atoms with Crippen molar-refractivity contribution in [3.63, 3.8) is 0 Å². The third-order valence-corrected chi connectivity index (χ3v) is 5.87. The Morgan fingerprint density at radius 2 is 1.79 bits per heavy atom. The zero-order chi connectivity index (χ0) is 16.6. The van der Waals surface area contributed by atoms with Crippen molar-refractivity contribution in [2.45, 2.75) is 44.9 Å². The van der Waals surface area contributed by atoms with Crippen molar-refractivity contribution < 1.29 is 4.79 Å². The molecule has 1 aliphatic carbocycles. The average Bonchev–Trinajstić information content (AvgIpc) is 2.63. The summed E-state index contributed by atoms with van der Waals surface area (Å²) in [6, 6.07) is 5.37. The van der Waals surface area contributed by atoms with E-state index in [1.165, 1.54) is 42.7 Å². The van der Waals surface area contributed by atoms with Crippen molar-refractivity contribution >= 4 is 11.6 Å². The lowest BCUT2D eigenvalue weighted by atomic mass is 9.68. The molecule has 0 unspecified atom stereocenters. The molecule has 1 amide bonds. The van der Waals surface area contributed by atoms with Crippen LogP contribution in [-0.4, -0.2) is 33.3 Å². The lowest BCUT2D eigenvalue weighted by Gasteiger charge is -2.44. The number of hydrogen-bond donors (Lipinski definition) is 0. The maximum Gasteiger partial charge on any atom is 0.270 e. The molecule has 5 nitrogen and oxygen atoms in total. The highest BCUT2D eigenvalue weighted by atomic mass is 16.2. The molecule has 0 aromatic carbocycles. The summed E-state index contributed by atoms with van der Waals surface area (Å²) >= 11 is 0. The van der Waals surface area contributed by atoms with Crippen LogP contribution >= 0.6 is 0 Å². The van der Waals surface area contributed by atoms with Gasteiger partial charge in [-0.2, -0.15) is 0 Å². The Balaban J connectivity index is 1.55. The summed E-state index contributed by atoms with van der Waals surface area (Å²) in [6.07, 6.45) is 11.8. The molecule has 0 N–H and O–H groups in total. The number of carbonyl (C=O) groups excluding carboxylic acids is 1. The molecule has 0 bridgehead atoms. The third-order valence-electron chi connectivity index (χ3n) is 5.87. The average molecular weight is 325 g/mol. The predicted molar refractivity (Wildman–Crippen MR) is 92.1 cm³/mol. The van der Waals surface area contributed by atoms with Crippen LogP contribution < -0.4 is 5.56 Å². The summed E-state index contributed by atoms with van der Waals surface area (Å²) in [6.45, 7) is 1.52. The standard InChI is InChI=1S/C19H23N3O2/c23-17(15-14-20-16-6-2-5-11-22(16)18(15)24)21-12-9-19(10-13-21)7-3-1-4-8-19/h2,5-6,11,14H,1,3-4,7-10,12-13H2. The Kier molecular flexibility index (Phi) is 3.87. The molecule has 5 heteroatoms. The molecule has 2 aliphatic rings. The zero-order valence-electron chi connectivity index (χ0n) is 13.9. The van der Waals surface area contributed by atoms with Crippen molar-refractivity contribution in [1.29, 1.82) is 0 Å². The highest BCUT2D eigenvalue weighted by Gasteiger charge is 2.37. The lowest BCUT2D eigenvalue weighted by Crippen LogP contribution is -2.45. The molecule has 24 heavy (non-hydrogen) atoms. The second kappa shape index (κ2) is 6.04. The van der Waals surface area contributed by atoms with Crippen molar-refractivity contribution in [1.82, 2.24) is 14.3 Å². The van der Waals surface area contributed by atoms with Crippen LogP contribution in [0, 0.1) is 5.41 Å². The molecule has 0 radical (unpaired) electrons. The Morgan fingerprint density at radius 1 is 1.04 bits per heavy atom. The number of carbonyl (C=O) groups is 1. The van der Waals surface area contributed by atoms with Gasteiger partial charge in [0.05, 0.1) is 0 Å². The first-order valence-electron chi connectivity index (χ1n) is 8.94. The van der Waals surface area contributed by atoms with Crippen LogP contribution in [0.5, 0.6) is 0 Å². The molecule has 2 aromatic heterocycles. The van der Waals surface area contributed by atoms with Crippen molar-refractivity contribution in [2.75, 3.05) is 13.1 Å². The lowest BCUT2D eigenvalue weighted by molar-refractivity contribution is 0.0470. The number of piperidine rings is 1. The Hall–Kier alpha value is -2.17. The fraction of sp³-hybridized carbons (Fsp3) is 0.526. The first-order chi connectivity index (χ1) is 11.7. The normalized spacial score (nSPS) is 20.4. The number of nitrogens with zero attached hydrogens (tertiary/aromatic N) is 3. The Labute approximate surface area is 141 Å². The molecule has 1 saturated carbocycles. The molecule has 0 atom stereocenters. The summed E-state index contributed by atoms with van der Waals surface area (Å²) in [5.41, 5.74) is 0.923. The summed E-state index contributed by atoms with van der Waals surface area (Å²) in [7, 11) is 0. The maximum absolute atomic E-state index is 12.8. The van der Waals surface area contributed by atoms with E-state index in [4.69, 9.17) is 0 Å². The summed E-state index contributed by atoms with van der Waals surface area (Å²) < 4.78 is 1.44. The van der Waals surface area contributed by atoms with E-state index in [9.17, 15) is 9.59 Å². The van der Waals surface area contributed by atoms with Gasteiger partial charge in [-0.15, -0.1) is 0 Å². The van der Waals surface area contributed by atoms with Gasteiger partial charge in [0.25, 0.3) is 11.5 Å². The molecule has 4 rings (SSSR count). The largest absolute Gasteiger partial charge is 0.338 e. The first kappa shape index (κ1) is 15.4. The summed E-state index contributed by atoms with van der Waals surface area (Å²) in [5.74, 6) is -0.170. The second-order valence-electron chi connectivity index (χ2n) is 7.26. The van der Waals surface area contributed by atoms with Gasteiger partial charge in [0.1, 0.15) is 11.2 Å². The van der Waals surface area contributed by atoms with Crippen molar-refractivity contribution in [3.8, 4) is 0 Å². The number of likely N-dealkylation sites (tertiary alicyclic amines) is 1. The van der Waals surface area contributed by atoms with Gasteiger partial charge in [-0.05, 0) is 43.2 Å². The van der Waals surface area contributed by atoms with Crippen LogP contribution in [0.25, 0.3) is 5.65 Å². The molecule has 126 valence electrons. The van der Waals surface area contributed by atoms with Crippen LogP contribution in [0.15, 0.2) is 35.4 Å². The fourth-order valence-electron chi connectivity index (χ4n) is 4.33. The van der Waals surface area contributed by atoms with E-state index < -0.39 is 0 Å². The monoisotopic (exact) mass is 325 g/mol. The van der Waals surface area contributed by atoms with E-state index in [2.05, 4.69) is 4.98 Å². The van der Waals surface area contributed by atoms with Gasteiger partial charge in [-0.3, -0.25) is 14.0 Å². The van der Waals surface area contributed by atoms with E-state index in [0.29, 0.717) is 11.1 Å². The first-order valence-corrected chi connectivity index (χ1v) is 8.94. The number of pyridine rings is 1. The molecule has 1 spiro atoms. The smallest absolute Gasteiger partial charge is 0.270 e. The van der Waals surface area contributed by atoms with Gasteiger partial charge < -0.3 is 4.90 Å². The maximum atomic E-state index is 12.8. The van der Waals surface area contributed by atoms with Gasteiger partial charge in [-0.1, -0.05) is 25.3 Å². The molecular weight excluding hydrogens is 302 g/mol. The minimum atomic E-state index is -0.274. The topological polar surface area (TPSA) is 54.7 Å². The Bertz CT molecular complexity index is 811. The number of rotatable bonds is 1. The molecule has 1 saturated heterocycles. The third kappa shape index (κ3) is 2.62. The van der Waals surface area contributed by atoms with Crippen molar-refractivity contribution in [3.05, 3.63) is 46.5 Å². The second-order valence-corrected chi connectivity index (χ2v) is 7.26. The number of amides is 1. The van der Waals surface area contributed by atoms with Gasteiger partial charge in [0.15, 0.2) is 0 Å². The van der Waals surface area contributed by atoms with E-state index in [0.717, 1.165) is 25.9 Å². The quantitative estimate of drug-likeness (QED) is 0.810. The van der Waals surface area contributed by atoms with Crippen LogP contribution in [0.2, 0.25) is 0 Å². The van der Waals surface area contributed by atoms with Gasteiger partial charge >= 0.3 is 0 Å². The van der Waals surface area contributed by atoms with E-state index in [-0.39, 0.29) is 17.0 Å². The van der Waals surface area contributed by atoms with Crippen LogP contribution in [-0.2, 0) is 0 Å². The fourth-order valence-corrected chi connectivity index (χ4v) is 4.33. The predicted octanol–water partition coefficient (Wildman–Crippen LogP) is 2.88. The van der Waals surface area contributed by atoms with Gasteiger partial charge in [0.2, 0.25) is 0 Å². The molecule has 3 heterocycles. The van der Waals surface area contributed by atoms with Crippen LogP contribution in [0.1, 0.15) is 55.3 Å². The molecule has 2 aromatic rings. The molecule has 2 fully saturated rings. The Morgan fingerprint density at radius 3 is 2.54 bits per heavy atom. The SMILES string of the molecule is O=C(c1cnc2ccccn2c1=O)N1CCC2(CCCCC2)CC1. The van der Waals surface area contributed by atoms with Gasteiger partial charge in [-0.25, -0.2) is 4.98 Å². The summed E-state index contributed by atoms with van der Waals surface area (Å²) in [4.78, 5) is 31.5. The van der Waals surface area contributed by atoms with Crippen molar-refractivity contribution in [2.24, 2.45) is 5.41 Å². The highest BCUT2D eigenvalue weighted by molar-refractivity contribution is 5.93. The summed E-state index contributed by atoms with van der Waals surface area (Å²) in [5, 5.41) is 0. The van der Waals surface area contributed by atoms with E-state index >= 15 is 0 Å². The van der Waals surface area contributed by atoms with E-state index in [1.807, 2.05) is 11.0 Å². The minimum Gasteiger partial charge on any atom is -0.338 e.